The second-order valence-electron chi connectivity index (χ2n) is 6.08. The number of anilines is 1. The monoisotopic (exact) mass is 374 g/mol. The van der Waals surface area contributed by atoms with E-state index < -0.39 is 0 Å². The number of Topliss-reactive ketones (excluding diaryl/α,β-unsaturated/α-hetero) is 1. The Bertz CT molecular complexity index is 745. The second-order valence-corrected chi connectivity index (χ2v) is 6.52. The van der Waals surface area contributed by atoms with Crippen LogP contribution in [-0.2, 0) is 4.79 Å². The molecule has 2 aromatic carbocycles. The Kier molecular flexibility index (Phi) is 7.18. The summed E-state index contributed by atoms with van der Waals surface area (Å²) in [6, 6.07) is 13.8. The third-order valence-electron chi connectivity index (χ3n) is 4.06. The van der Waals surface area contributed by atoms with E-state index in [1.807, 2.05) is 31.0 Å². The molecule has 0 radical (unpaired) electrons. The lowest BCUT2D eigenvalue weighted by atomic mass is 10.0. The van der Waals surface area contributed by atoms with Crippen molar-refractivity contribution >= 4 is 29.0 Å². The van der Waals surface area contributed by atoms with Crippen molar-refractivity contribution in [1.29, 1.82) is 0 Å². The van der Waals surface area contributed by atoms with Crippen LogP contribution in [0.1, 0.15) is 24.2 Å². The van der Waals surface area contributed by atoms with Gasteiger partial charge in [-0.2, -0.15) is 0 Å². The van der Waals surface area contributed by atoms with E-state index in [-0.39, 0.29) is 17.7 Å². The van der Waals surface area contributed by atoms with Crippen molar-refractivity contribution in [3.05, 3.63) is 59.1 Å². The first-order valence-corrected chi connectivity index (χ1v) is 8.75. The zero-order valence-electron chi connectivity index (χ0n) is 15.2. The molecule has 0 aromatic heterocycles. The summed E-state index contributed by atoms with van der Waals surface area (Å²) in [5, 5.41) is 3.35. The maximum absolute atomic E-state index is 12.6. The van der Waals surface area contributed by atoms with Gasteiger partial charge in [0.25, 0.3) is 0 Å². The largest absolute Gasteiger partial charge is 0.492 e. The number of benzene rings is 2. The average molecular weight is 375 g/mol. The number of nitrogens with zero attached hydrogens (tertiary/aromatic N) is 1. The highest BCUT2D eigenvalue weighted by Gasteiger charge is 2.19. The third-order valence-corrected chi connectivity index (χ3v) is 4.31. The first-order chi connectivity index (χ1) is 12.4. The molecule has 26 heavy (non-hydrogen) atoms. The molecular weight excluding hydrogens is 352 g/mol. The molecule has 1 atom stereocenters. The Balaban J connectivity index is 1.86. The summed E-state index contributed by atoms with van der Waals surface area (Å²) in [6.07, 6.45) is 0. The predicted octanol–water partition coefficient (Wildman–Crippen LogP) is 3.88. The number of hydrogen-bond donors (Lipinski definition) is 1. The number of likely N-dealkylation sites (N-methyl/N-ethyl adjacent to an activating group) is 1. The molecule has 1 amide bonds. The minimum Gasteiger partial charge on any atom is -0.492 e. The molecule has 0 fully saturated rings. The third kappa shape index (κ3) is 5.86. The van der Waals surface area contributed by atoms with Crippen LogP contribution in [0.5, 0.6) is 5.75 Å². The van der Waals surface area contributed by atoms with Gasteiger partial charge >= 0.3 is 0 Å². The van der Waals surface area contributed by atoms with Gasteiger partial charge in [-0.05, 0) is 62.5 Å². The molecule has 0 aliphatic carbocycles. The second kappa shape index (κ2) is 9.36. The van der Waals surface area contributed by atoms with Crippen LogP contribution in [0.4, 0.5) is 5.69 Å². The van der Waals surface area contributed by atoms with Gasteiger partial charge in [-0.15, -0.1) is 0 Å². The van der Waals surface area contributed by atoms with Crippen LogP contribution in [0.15, 0.2) is 48.5 Å². The highest BCUT2D eigenvalue weighted by atomic mass is 35.5. The van der Waals surface area contributed by atoms with Crippen LogP contribution in [0.2, 0.25) is 5.02 Å². The van der Waals surface area contributed by atoms with E-state index in [4.69, 9.17) is 16.3 Å². The lowest BCUT2D eigenvalue weighted by molar-refractivity contribution is -0.114. The van der Waals surface area contributed by atoms with Crippen LogP contribution in [0.3, 0.4) is 0 Å². The number of ether oxygens (including phenoxy) is 1. The number of ketones is 1. The van der Waals surface area contributed by atoms with Crippen LogP contribution in [-0.4, -0.2) is 42.8 Å². The average Bonchev–Trinajstić information content (AvgIpc) is 2.62. The SMILES string of the molecule is CC(=O)Nc1ccc(C(=O)C(C)N(C)CCOc2ccc(Cl)cc2)cc1. The molecule has 0 bridgehead atoms. The highest BCUT2D eigenvalue weighted by molar-refractivity contribution is 6.30. The Labute approximate surface area is 158 Å². The first-order valence-electron chi connectivity index (χ1n) is 8.37. The van der Waals surface area contributed by atoms with E-state index in [1.54, 1.807) is 36.4 Å². The van der Waals surface area contributed by atoms with Gasteiger partial charge in [0.15, 0.2) is 5.78 Å². The summed E-state index contributed by atoms with van der Waals surface area (Å²) in [5.74, 6) is 0.626. The van der Waals surface area contributed by atoms with E-state index in [1.165, 1.54) is 6.92 Å². The summed E-state index contributed by atoms with van der Waals surface area (Å²) in [6.45, 7) is 4.39. The normalized spacial score (nSPS) is 11.9. The standard InChI is InChI=1S/C20H23ClN2O3/c1-14(20(25)16-4-8-18(9-5-16)22-15(2)24)23(3)12-13-26-19-10-6-17(21)7-11-19/h4-11,14H,12-13H2,1-3H3,(H,22,24). The molecule has 1 N–H and O–H groups in total. The molecule has 0 saturated carbocycles. The van der Waals surface area contributed by atoms with Gasteiger partial charge < -0.3 is 10.1 Å². The zero-order valence-corrected chi connectivity index (χ0v) is 15.9. The van der Waals surface area contributed by atoms with Crippen LogP contribution < -0.4 is 10.1 Å². The Morgan fingerprint density at radius 2 is 1.73 bits per heavy atom. The summed E-state index contributed by atoms with van der Waals surface area (Å²) in [7, 11) is 1.89. The van der Waals surface area contributed by atoms with Gasteiger partial charge in [-0.1, -0.05) is 11.6 Å². The predicted molar refractivity (Wildman–Crippen MR) is 104 cm³/mol. The molecular formula is C20H23ClN2O3. The van der Waals surface area contributed by atoms with Gasteiger partial charge in [-0.3, -0.25) is 14.5 Å². The van der Waals surface area contributed by atoms with Crippen LogP contribution in [0, 0.1) is 0 Å². The summed E-state index contributed by atoms with van der Waals surface area (Å²) < 4.78 is 5.67. The molecule has 2 aromatic rings. The number of halogens is 1. The van der Waals surface area contributed by atoms with Crippen molar-refractivity contribution in [2.24, 2.45) is 0 Å². The van der Waals surface area contributed by atoms with Crippen molar-refractivity contribution in [3.8, 4) is 5.75 Å². The van der Waals surface area contributed by atoms with Gasteiger partial charge in [-0.25, -0.2) is 0 Å². The van der Waals surface area contributed by atoms with E-state index in [2.05, 4.69) is 5.32 Å². The summed E-state index contributed by atoms with van der Waals surface area (Å²) in [4.78, 5) is 25.6. The highest BCUT2D eigenvalue weighted by Crippen LogP contribution is 2.16. The van der Waals surface area contributed by atoms with Crippen molar-refractivity contribution in [2.45, 2.75) is 19.9 Å². The van der Waals surface area contributed by atoms with Crippen LogP contribution >= 0.6 is 11.6 Å². The number of rotatable bonds is 8. The number of hydrogen-bond acceptors (Lipinski definition) is 4. The van der Waals surface area contributed by atoms with Gasteiger partial charge in [0.1, 0.15) is 12.4 Å². The fourth-order valence-corrected chi connectivity index (χ4v) is 2.52. The van der Waals surface area contributed by atoms with E-state index in [0.29, 0.717) is 29.4 Å². The van der Waals surface area contributed by atoms with E-state index >= 15 is 0 Å². The molecule has 0 saturated heterocycles. The Hall–Kier alpha value is -2.37. The number of nitrogens with one attached hydrogen (secondary N) is 1. The van der Waals surface area contributed by atoms with Crippen molar-refractivity contribution < 1.29 is 14.3 Å². The summed E-state index contributed by atoms with van der Waals surface area (Å²) >= 11 is 5.84. The maximum atomic E-state index is 12.6. The number of carbonyl (C=O) groups excluding carboxylic acids is 2. The quantitative estimate of drug-likeness (QED) is 0.712. The van der Waals surface area contributed by atoms with Gasteiger partial charge in [0, 0.05) is 29.7 Å². The van der Waals surface area contributed by atoms with E-state index in [0.717, 1.165) is 5.75 Å². The fourth-order valence-electron chi connectivity index (χ4n) is 2.39. The smallest absolute Gasteiger partial charge is 0.221 e. The van der Waals surface area contributed by atoms with Gasteiger partial charge in [0.05, 0.1) is 6.04 Å². The number of amides is 1. The Morgan fingerprint density at radius 3 is 2.31 bits per heavy atom. The fraction of sp³-hybridized carbons (Fsp3) is 0.300. The van der Waals surface area contributed by atoms with Crippen LogP contribution in [0.25, 0.3) is 0 Å². The molecule has 0 aliphatic heterocycles. The minimum atomic E-state index is -0.282. The van der Waals surface area contributed by atoms with E-state index in [9.17, 15) is 9.59 Å². The molecule has 1 unspecified atom stereocenters. The van der Waals surface area contributed by atoms with Crippen molar-refractivity contribution in [2.75, 3.05) is 25.5 Å². The topological polar surface area (TPSA) is 58.6 Å². The van der Waals surface area contributed by atoms with Gasteiger partial charge in [0.2, 0.25) is 5.91 Å². The van der Waals surface area contributed by atoms with Crippen molar-refractivity contribution in [1.82, 2.24) is 4.90 Å². The molecule has 0 aliphatic rings. The first kappa shape index (κ1) is 19.9. The maximum Gasteiger partial charge on any atom is 0.221 e. The molecule has 0 heterocycles. The molecule has 138 valence electrons. The minimum absolute atomic E-state index is 0.0216. The molecule has 0 spiro atoms. The molecule has 2 rings (SSSR count). The summed E-state index contributed by atoms with van der Waals surface area (Å²) in [5.41, 5.74) is 1.28. The Morgan fingerprint density at radius 1 is 1.12 bits per heavy atom. The lowest BCUT2D eigenvalue weighted by Gasteiger charge is -2.23. The zero-order chi connectivity index (χ0) is 19.1. The molecule has 6 heteroatoms. The lowest BCUT2D eigenvalue weighted by Crippen LogP contribution is -2.38. The van der Waals surface area contributed by atoms with Crippen molar-refractivity contribution in [3.63, 3.8) is 0 Å². The molecule has 5 nitrogen and oxygen atoms in total. The number of carbonyl (C=O) groups is 2.